The Morgan fingerprint density at radius 1 is 1.00 bits per heavy atom. The minimum atomic E-state index is -0.237. The summed E-state index contributed by atoms with van der Waals surface area (Å²) in [5.74, 6) is 0.522. The van der Waals surface area contributed by atoms with Gasteiger partial charge in [-0.25, -0.2) is 9.07 Å². The number of benzene rings is 2. The van der Waals surface area contributed by atoms with Crippen molar-refractivity contribution in [3.8, 4) is 5.69 Å². The van der Waals surface area contributed by atoms with E-state index >= 15 is 0 Å². The molecule has 1 aromatic heterocycles. The maximum absolute atomic E-state index is 13.2. The number of hydrogen-bond acceptors (Lipinski definition) is 3. The van der Waals surface area contributed by atoms with Crippen LogP contribution in [0.1, 0.15) is 19.3 Å². The molecule has 2 fully saturated rings. The first-order valence-electron chi connectivity index (χ1n) is 8.97. The van der Waals surface area contributed by atoms with E-state index in [2.05, 4.69) is 28.2 Å². The van der Waals surface area contributed by atoms with Crippen LogP contribution in [-0.2, 0) is 0 Å². The van der Waals surface area contributed by atoms with Crippen molar-refractivity contribution in [2.75, 3.05) is 11.4 Å². The summed E-state index contributed by atoms with van der Waals surface area (Å²) >= 11 is 0. The van der Waals surface area contributed by atoms with Crippen LogP contribution in [-0.4, -0.2) is 28.4 Å². The van der Waals surface area contributed by atoms with Crippen molar-refractivity contribution in [3.05, 3.63) is 54.5 Å². The van der Waals surface area contributed by atoms with Gasteiger partial charge in [0.1, 0.15) is 5.82 Å². The summed E-state index contributed by atoms with van der Waals surface area (Å²) in [6, 6.07) is 13.7. The number of hydrogen-bond donors (Lipinski definition) is 1. The van der Waals surface area contributed by atoms with Crippen molar-refractivity contribution in [3.63, 3.8) is 0 Å². The number of anilines is 1. The third-order valence-electron chi connectivity index (χ3n) is 5.56. The van der Waals surface area contributed by atoms with Crippen LogP contribution in [0.3, 0.4) is 0 Å². The highest BCUT2D eigenvalue weighted by Gasteiger charge is 2.42. The Balaban J connectivity index is 1.52. The van der Waals surface area contributed by atoms with Gasteiger partial charge in [0.25, 0.3) is 0 Å². The lowest BCUT2D eigenvalue weighted by Gasteiger charge is -2.29. The normalized spacial score (nSPS) is 23.5. The summed E-state index contributed by atoms with van der Waals surface area (Å²) in [5, 5.41) is 5.59. The predicted octanol–water partition coefficient (Wildman–Crippen LogP) is 3.48. The van der Waals surface area contributed by atoms with Crippen molar-refractivity contribution in [1.29, 1.82) is 0 Å². The van der Waals surface area contributed by atoms with E-state index in [1.807, 2.05) is 10.9 Å². The molecule has 128 valence electrons. The maximum atomic E-state index is 13.2. The summed E-state index contributed by atoms with van der Waals surface area (Å²) in [4.78, 5) is 2.48. The third-order valence-corrected chi connectivity index (χ3v) is 5.56. The lowest BCUT2D eigenvalue weighted by Crippen LogP contribution is -2.41. The van der Waals surface area contributed by atoms with Crippen LogP contribution in [0.5, 0.6) is 0 Å². The quantitative estimate of drug-likeness (QED) is 0.796. The molecule has 2 N–H and O–H groups in total. The Bertz CT molecular complexity index is 913. The molecule has 2 atom stereocenters. The van der Waals surface area contributed by atoms with Crippen molar-refractivity contribution in [1.82, 2.24) is 9.78 Å². The second-order valence-electron chi connectivity index (χ2n) is 7.25. The van der Waals surface area contributed by atoms with Crippen molar-refractivity contribution >= 4 is 16.6 Å². The van der Waals surface area contributed by atoms with E-state index in [9.17, 15) is 4.39 Å². The summed E-state index contributed by atoms with van der Waals surface area (Å²) in [6.45, 7) is 1.03. The molecule has 0 amide bonds. The zero-order chi connectivity index (χ0) is 17.0. The highest BCUT2D eigenvalue weighted by Crippen LogP contribution is 2.42. The van der Waals surface area contributed by atoms with E-state index in [0.717, 1.165) is 35.5 Å². The van der Waals surface area contributed by atoms with Gasteiger partial charge >= 0.3 is 0 Å². The van der Waals surface area contributed by atoms with Crippen LogP contribution in [0.4, 0.5) is 10.1 Å². The minimum Gasteiger partial charge on any atom is -0.367 e. The SMILES string of the molecule is NC1CCN(c2ccc3c(cnn3-c3ccc(F)cc3)c2)C1C1CC1. The van der Waals surface area contributed by atoms with Crippen molar-refractivity contribution < 1.29 is 4.39 Å². The van der Waals surface area contributed by atoms with Crippen LogP contribution < -0.4 is 10.6 Å². The van der Waals surface area contributed by atoms with E-state index in [0.29, 0.717) is 6.04 Å². The monoisotopic (exact) mass is 336 g/mol. The molecular formula is C20H21FN4. The van der Waals surface area contributed by atoms with Gasteiger partial charge in [-0.05, 0) is 67.6 Å². The molecule has 2 aromatic carbocycles. The summed E-state index contributed by atoms with van der Waals surface area (Å²) < 4.78 is 15.0. The number of fused-ring (bicyclic) bond motifs is 1. The molecule has 1 saturated carbocycles. The molecule has 1 saturated heterocycles. The van der Waals surface area contributed by atoms with E-state index in [1.54, 1.807) is 12.1 Å². The Labute approximate surface area is 146 Å². The third kappa shape index (κ3) is 2.50. The topological polar surface area (TPSA) is 47.1 Å². The molecule has 5 rings (SSSR count). The van der Waals surface area contributed by atoms with Crippen LogP contribution in [0, 0.1) is 11.7 Å². The fraction of sp³-hybridized carbons (Fsp3) is 0.350. The highest BCUT2D eigenvalue weighted by atomic mass is 19.1. The first-order valence-corrected chi connectivity index (χ1v) is 8.97. The molecule has 1 aliphatic carbocycles. The van der Waals surface area contributed by atoms with Crippen LogP contribution in [0.15, 0.2) is 48.7 Å². The smallest absolute Gasteiger partial charge is 0.123 e. The number of nitrogens with two attached hydrogens (primary N) is 1. The Hall–Kier alpha value is -2.40. The largest absolute Gasteiger partial charge is 0.367 e. The first-order chi connectivity index (χ1) is 12.2. The number of nitrogens with zero attached hydrogens (tertiary/aromatic N) is 3. The molecule has 4 nitrogen and oxygen atoms in total. The van der Waals surface area contributed by atoms with Gasteiger partial charge < -0.3 is 10.6 Å². The number of halogens is 1. The van der Waals surface area contributed by atoms with E-state index in [4.69, 9.17) is 5.73 Å². The van der Waals surface area contributed by atoms with Gasteiger partial charge in [0.2, 0.25) is 0 Å². The standard InChI is InChI=1S/C20H21FN4/c21-15-3-5-16(6-4-15)25-19-8-7-17(11-14(19)12-23-25)24-10-9-18(22)20(24)13-1-2-13/h3-8,11-13,18,20H,1-2,9-10,22H2. The average Bonchev–Trinajstić information content (AvgIpc) is 3.25. The van der Waals surface area contributed by atoms with Crippen LogP contribution in [0.25, 0.3) is 16.6 Å². The predicted molar refractivity (Wildman–Crippen MR) is 97.5 cm³/mol. The van der Waals surface area contributed by atoms with Crippen molar-refractivity contribution in [2.45, 2.75) is 31.3 Å². The lowest BCUT2D eigenvalue weighted by molar-refractivity contribution is 0.525. The van der Waals surface area contributed by atoms with Gasteiger partial charge in [0.15, 0.2) is 0 Å². The Kier molecular flexibility index (Phi) is 3.31. The van der Waals surface area contributed by atoms with Gasteiger partial charge in [0.05, 0.1) is 17.4 Å². The number of rotatable bonds is 3. The van der Waals surface area contributed by atoms with Gasteiger partial charge in [-0.15, -0.1) is 0 Å². The van der Waals surface area contributed by atoms with E-state index < -0.39 is 0 Å². The van der Waals surface area contributed by atoms with Crippen LogP contribution >= 0.6 is 0 Å². The van der Waals surface area contributed by atoms with Gasteiger partial charge in [-0.3, -0.25) is 0 Å². The lowest BCUT2D eigenvalue weighted by atomic mass is 10.0. The second kappa shape index (κ2) is 5.56. The molecule has 0 spiro atoms. The summed E-state index contributed by atoms with van der Waals surface area (Å²) in [5.41, 5.74) is 9.49. The molecule has 5 heteroatoms. The van der Waals surface area contributed by atoms with Gasteiger partial charge in [-0.1, -0.05) is 0 Å². The molecule has 2 unspecified atom stereocenters. The summed E-state index contributed by atoms with van der Waals surface area (Å²) in [7, 11) is 0. The maximum Gasteiger partial charge on any atom is 0.123 e. The number of aromatic nitrogens is 2. The molecule has 2 aliphatic rings. The Morgan fingerprint density at radius 3 is 2.52 bits per heavy atom. The molecule has 3 aromatic rings. The molecular weight excluding hydrogens is 315 g/mol. The molecule has 1 aliphatic heterocycles. The highest BCUT2D eigenvalue weighted by molar-refractivity contribution is 5.84. The summed E-state index contributed by atoms with van der Waals surface area (Å²) in [6.07, 6.45) is 5.55. The fourth-order valence-electron chi connectivity index (χ4n) is 4.17. The second-order valence-corrected chi connectivity index (χ2v) is 7.25. The fourth-order valence-corrected chi connectivity index (χ4v) is 4.17. The molecule has 2 heterocycles. The zero-order valence-corrected chi connectivity index (χ0v) is 14.0. The van der Waals surface area contributed by atoms with E-state index in [-0.39, 0.29) is 11.9 Å². The van der Waals surface area contributed by atoms with Gasteiger partial charge in [0, 0.05) is 29.7 Å². The first kappa shape index (κ1) is 14.9. The Morgan fingerprint density at radius 2 is 1.76 bits per heavy atom. The molecule has 0 radical (unpaired) electrons. The average molecular weight is 336 g/mol. The minimum absolute atomic E-state index is 0.237. The van der Waals surface area contributed by atoms with Gasteiger partial charge in [-0.2, -0.15) is 5.10 Å². The van der Waals surface area contributed by atoms with Crippen LogP contribution in [0.2, 0.25) is 0 Å². The molecule has 25 heavy (non-hydrogen) atoms. The molecule has 0 bridgehead atoms. The van der Waals surface area contributed by atoms with Crippen molar-refractivity contribution in [2.24, 2.45) is 11.7 Å². The zero-order valence-electron chi connectivity index (χ0n) is 14.0. The van der Waals surface area contributed by atoms with E-state index in [1.165, 1.54) is 30.7 Å².